The van der Waals surface area contributed by atoms with Crippen molar-refractivity contribution in [3.05, 3.63) is 69.6 Å². The number of aromatic amines is 1. The molecule has 1 atom stereocenters. The molecule has 2 aromatic heterocycles. The Labute approximate surface area is 176 Å². The van der Waals surface area contributed by atoms with Gasteiger partial charge in [-0.05, 0) is 55.3 Å². The minimum atomic E-state index is -0.213. The second kappa shape index (κ2) is 7.59. The first kappa shape index (κ1) is 18.8. The number of ether oxygens (including phenoxy) is 1. The van der Waals surface area contributed by atoms with E-state index < -0.39 is 0 Å². The van der Waals surface area contributed by atoms with E-state index >= 15 is 0 Å². The summed E-state index contributed by atoms with van der Waals surface area (Å²) in [6.45, 7) is 1.24. The van der Waals surface area contributed by atoms with Gasteiger partial charge in [-0.25, -0.2) is 4.68 Å². The van der Waals surface area contributed by atoms with Gasteiger partial charge in [0.05, 0.1) is 28.2 Å². The quantitative estimate of drug-likeness (QED) is 0.527. The maximum Gasteiger partial charge on any atom is 0.280 e. The second-order valence-electron chi connectivity index (χ2n) is 7.35. The number of fused-ring (bicyclic) bond motifs is 3. The second-order valence-corrected chi connectivity index (χ2v) is 7.79. The number of pyridine rings is 1. The van der Waals surface area contributed by atoms with Gasteiger partial charge in [0.2, 0.25) is 0 Å². The van der Waals surface area contributed by atoms with E-state index in [9.17, 15) is 9.59 Å². The van der Waals surface area contributed by atoms with Gasteiger partial charge in [0.25, 0.3) is 11.5 Å². The summed E-state index contributed by atoms with van der Waals surface area (Å²) in [7, 11) is 0. The molecule has 1 saturated heterocycles. The Bertz CT molecular complexity index is 1300. The van der Waals surface area contributed by atoms with E-state index in [1.165, 1.54) is 4.68 Å². The van der Waals surface area contributed by atoms with Crippen molar-refractivity contribution in [1.82, 2.24) is 20.1 Å². The molecule has 4 aromatic rings. The van der Waals surface area contributed by atoms with Crippen LogP contribution < -0.4 is 10.9 Å². The van der Waals surface area contributed by atoms with E-state index in [4.69, 9.17) is 16.3 Å². The van der Waals surface area contributed by atoms with Gasteiger partial charge in [-0.2, -0.15) is 0 Å². The van der Waals surface area contributed by atoms with Crippen molar-refractivity contribution >= 4 is 39.3 Å². The van der Waals surface area contributed by atoms with Gasteiger partial charge < -0.3 is 10.1 Å². The molecule has 0 saturated carbocycles. The lowest BCUT2D eigenvalue weighted by Gasteiger charge is -2.11. The standard InChI is InChI=1S/C22H19ClN4O3/c23-14-4-6-15(7-5-14)27-22(29)18-12-24-19-8-3-13(10-17(19)20(18)26-27)21(28)25-11-16-2-1-9-30-16/h3-8,10,12,16,26H,1-2,9,11H2,(H,25,28). The Kier molecular flexibility index (Phi) is 4.77. The minimum Gasteiger partial charge on any atom is -0.376 e. The fourth-order valence-electron chi connectivity index (χ4n) is 3.79. The highest BCUT2D eigenvalue weighted by atomic mass is 35.5. The van der Waals surface area contributed by atoms with Crippen LogP contribution in [0.2, 0.25) is 5.02 Å². The zero-order chi connectivity index (χ0) is 20.7. The summed E-state index contributed by atoms with van der Waals surface area (Å²) in [4.78, 5) is 29.9. The van der Waals surface area contributed by atoms with Crippen LogP contribution in [-0.2, 0) is 4.74 Å². The number of carbonyl (C=O) groups is 1. The summed E-state index contributed by atoms with van der Waals surface area (Å²) < 4.78 is 7.01. The fraction of sp³-hybridized carbons (Fsp3) is 0.227. The third-order valence-corrected chi connectivity index (χ3v) is 5.64. The zero-order valence-electron chi connectivity index (χ0n) is 16.0. The van der Waals surface area contributed by atoms with E-state index in [1.54, 1.807) is 48.7 Å². The molecule has 0 bridgehead atoms. The number of benzene rings is 2. The summed E-state index contributed by atoms with van der Waals surface area (Å²) in [5.74, 6) is -0.177. The molecule has 8 heteroatoms. The number of halogens is 1. The Hall–Kier alpha value is -3.16. The number of hydrogen-bond donors (Lipinski definition) is 2. The molecule has 0 radical (unpaired) electrons. The van der Waals surface area contributed by atoms with E-state index in [-0.39, 0.29) is 17.6 Å². The van der Waals surface area contributed by atoms with Crippen molar-refractivity contribution in [2.45, 2.75) is 18.9 Å². The largest absolute Gasteiger partial charge is 0.376 e. The molecular weight excluding hydrogens is 404 g/mol. The average molecular weight is 423 g/mol. The van der Waals surface area contributed by atoms with Crippen molar-refractivity contribution in [1.29, 1.82) is 0 Å². The van der Waals surface area contributed by atoms with Crippen molar-refractivity contribution in [2.75, 3.05) is 13.2 Å². The lowest BCUT2D eigenvalue weighted by Crippen LogP contribution is -2.31. The maximum absolute atomic E-state index is 12.9. The number of nitrogens with one attached hydrogen (secondary N) is 2. The maximum atomic E-state index is 12.9. The monoisotopic (exact) mass is 422 g/mol. The van der Waals surface area contributed by atoms with Gasteiger partial charge >= 0.3 is 0 Å². The summed E-state index contributed by atoms with van der Waals surface area (Å²) >= 11 is 5.96. The van der Waals surface area contributed by atoms with Crippen molar-refractivity contribution in [3.8, 4) is 5.69 Å². The molecule has 3 heterocycles. The Morgan fingerprint density at radius 3 is 2.83 bits per heavy atom. The predicted octanol–water partition coefficient (Wildman–Crippen LogP) is 3.43. The molecule has 0 aliphatic carbocycles. The molecule has 1 aliphatic heterocycles. The van der Waals surface area contributed by atoms with Crippen molar-refractivity contribution < 1.29 is 9.53 Å². The predicted molar refractivity (Wildman–Crippen MR) is 116 cm³/mol. The molecule has 2 aromatic carbocycles. The smallest absolute Gasteiger partial charge is 0.280 e. The number of aromatic nitrogens is 3. The number of H-pyrrole nitrogens is 1. The van der Waals surface area contributed by atoms with Crippen molar-refractivity contribution in [2.24, 2.45) is 0 Å². The molecule has 30 heavy (non-hydrogen) atoms. The topological polar surface area (TPSA) is 89.0 Å². The minimum absolute atomic E-state index is 0.0764. The van der Waals surface area contributed by atoms with Crippen LogP contribution in [0.1, 0.15) is 23.2 Å². The first-order chi connectivity index (χ1) is 14.6. The van der Waals surface area contributed by atoms with E-state index in [1.807, 2.05) is 0 Å². The number of carbonyl (C=O) groups excluding carboxylic acids is 1. The van der Waals surface area contributed by atoms with E-state index in [0.717, 1.165) is 19.4 Å². The van der Waals surface area contributed by atoms with E-state index in [2.05, 4.69) is 15.4 Å². The first-order valence-electron chi connectivity index (χ1n) is 9.79. The van der Waals surface area contributed by atoms with E-state index in [0.29, 0.717) is 44.6 Å². The molecule has 1 aliphatic rings. The van der Waals surface area contributed by atoms with Crippen LogP contribution in [0.3, 0.4) is 0 Å². The van der Waals surface area contributed by atoms with Crippen LogP contribution in [0.4, 0.5) is 0 Å². The highest BCUT2D eigenvalue weighted by molar-refractivity contribution is 6.30. The number of nitrogens with zero attached hydrogens (tertiary/aromatic N) is 2. The van der Waals surface area contributed by atoms with Crippen molar-refractivity contribution in [3.63, 3.8) is 0 Å². The molecule has 1 unspecified atom stereocenters. The van der Waals surface area contributed by atoms with Gasteiger partial charge in [-0.15, -0.1) is 0 Å². The Balaban J connectivity index is 1.54. The number of amides is 1. The highest BCUT2D eigenvalue weighted by Crippen LogP contribution is 2.23. The molecule has 2 N–H and O–H groups in total. The SMILES string of the molecule is O=C(NCC1CCCO1)c1ccc2ncc3c(=O)n(-c4ccc(Cl)cc4)[nH]c3c2c1. The van der Waals surface area contributed by atoms with Gasteiger partial charge in [-0.3, -0.25) is 19.7 Å². The Morgan fingerprint density at radius 2 is 2.07 bits per heavy atom. The molecule has 5 rings (SSSR count). The van der Waals surface area contributed by atoms with Crippen LogP contribution in [-0.4, -0.2) is 39.9 Å². The third-order valence-electron chi connectivity index (χ3n) is 5.39. The summed E-state index contributed by atoms with van der Waals surface area (Å²) in [5.41, 5.74) is 2.29. The normalized spacial score (nSPS) is 16.4. The average Bonchev–Trinajstić information content (AvgIpc) is 3.40. The zero-order valence-corrected chi connectivity index (χ0v) is 16.8. The van der Waals surface area contributed by atoms with Crippen LogP contribution >= 0.6 is 11.6 Å². The highest BCUT2D eigenvalue weighted by Gasteiger charge is 2.18. The van der Waals surface area contributed by atoms with Gasteiger partial charge in [-0.1, -0.05) is 11.6 Å². The van der Waals surface area contributed by atoms with Crippen LogP contribution in [0.15, 0.2) is 53.5 Å². The van der Waals surface area contributed by atoms with Crippen LogP contribution in [0.5, 0.6) is 0 Å². The summed E-state index contributed by atoms with van der Waals surface area (Å²) in [6.07, 6.45) is 3.62. The summed E-state index contributed by atoms with van der Waals surface area (Å²) in [6, 6.07) is 12.3. The fourth-order valence-corrected chi connectivity index (χ4v) is 3.91. The number of rotatable bonds is 4. The molecule has 0 spiro atoms. The number of hydrogen-bond acceptors (Lipinski definition) is 4. The van der Waals surface area contributed by atoms with Gasteiger partial charge in [0.15, 0.2) is 0 Å². The van der Waals surface area contributed by atoms with Gasteiger partial charge in [0.1, 0.15) is 0 Å². The lowest BCUT2D eigenvalue weighted by atomic mass is 10.1. The Morgan fingerprint density at radius 1 is 1.23 bits per heavy atom. The summed E-state index contributed by atoms with van der Waals surface area (Å²) in [5, 5.41) is 7.84. The van der Waals surface area contributed by atoms with Crippen LogP contribution in [0.25, 0.3) is 27.5 Å². The molecular formula is C22H19ClN4O3. The lowest BCUT2D eigenvalue weighted by molar-refractivity contribution is 0.0858. The van der Waals surface area contributed by atoms with Gasteiger partial charge in [0, 0.05) is 35.3 Å². The molecule has 1 amide bonds. The van der Waals surface area contributed by atoms with Crippen LogP contribution in [0, 0.1) is 0 Å². The third kappa shape index (κ3) is 3.36. The molecule has 1 fully saturated rings. The molecule has 7 nitrogen and oxygen atoms in total. The molecule has 152 valence electrons. The first-order valence-corrected chi connectivity index (χ1v) is 10.2.